The maximum atomic E-state index is 11.0. The van der Waals surface area contributed by atoms with Crippen LogP contribution in [0.4, 0.5) is 39.8 Å². The Morgan fingerprint density at radius 2 is 0.953 bits per heavy atom. The van der Waals surface area contributed by atoms with Crippen LogP contribution in [0.2, 0.25) is 0 Å². The molecule has 7 rings (SSSR count). The van der Waals surface area contributed by atoms with Gasteiger partial charge in [0.15, 0.2) is 0 Å². The van der Waals surface area contributed by atoms with Crippen molar-refractivity contribution in [1.82, 2.24) is 25.3 Å². The molecule has 0 aliphatic rings. The molecule has 466 valence electrons. The average molecular weight is 1210 g/mol. The number of carbonyl (C=O) groups is 5. The molecule has 0 saturated heterocycles. The Hall–Kier alpha value is -11.6. The lowest BCUT2D eigenvalue weighted by Crippen LogP contribution is -2.27. The second kappa shape index (κ2) is 40.6. The van der Waals surface area contributed by atoms with Crippen molar-refractivity contribution in [3.63, 3.8) is 0 Å². The van der Waals surface area contributed by atoms with Crippen molar-refractivity contribution in [1.29, 1.82) is 0 Å². The minimum Gasteiger partial charge on any atom is -0.496 e. The van der Waals surface area contributed by atoms with Crippen LogP contribution in [0.3, 0.4) is 0 Å². The van der Waals surface area contributed by atoms with E-state index < -0.39 is 25.7 Å². The molecular formula is C54H70N12O20. The molecule has 0 atom stereocenters. The zero-order valence-corrected chi connectivity index (χ0v) is 46.7. The summed E-state index contributed by atoms with van der Waals surface area (Å²) < 4.78 is 28.8. The maximum absolute atomic E-state index is 11.0. The number of ether oxygens (including phenoxy) is 5. The number of nitrogens with two attached hydrogens (primary N) is 2. The number of aliphatic carboxylic acids is 1. The molecule has 9 N–H and O–H groups in total. The Morgan fingerprint density at radius 1 is 0.593 bits per heavy atom. The van der Waals surface area contributed by atoms with Crippen molar-refractivity contribution < 1.29 is 77.6 Å². The van der Waals surface area contributed by atoms with Crippen LogP contribution in [0.1, 0.15) is 45.7 Å². The Kier molecular flexibility index (Phi) is 37.1. The van der Waals surface area contributed by atoms with Gasteiger partial charge in [-0.2, -0.15) is 0 Å². The molecule has 2 aromatic heterocycles. The number of benzene rings is 5. The number of imidazole rings is 2. The smallest absolute Gasteiger partial charge is 0.300 e. The lowest BCUT2D eigenvalue weighted by molar-refractivity contribution is -0.385. The van der Waals surface area contributed by atoms with E-state index in [4.69, 9.17) is 55.0 Å². The molecule has 0 radical (unpaired) electrons. The third-order valence-electron chi connectivity index (χ3n) is 9.97. The molecule has 1 amide bonds. The molecule has 0 fully saturated rings. The Bertz CT molecular complexity index is 3330. The summed E-state index contributed by atoms with van der Waals surface area (Å²) in [6.07, 6.45) is 8.55. The van der Waals surface area contributed by atoms with E-state index in [2.05, 4.69) is 9.97 Å². The van der Waals surface area contributed by atoms with Crippen molar-refractivity contribution in [2.24, 2.45) is 0 Å². The van der Waals surface area contributed by atoms with E-state index in [1.165, 1.54) is 102 Å². The van der Waals surface area contributed by atoms with Crippen molar-refractivity contribution in [2.45, 2.75) is 49.0 Å². The second-order valence-corrected chi connectivity index (χ2v) is 15.9. The zero-order chi connectivity index (χ0) is 62.9. The summed E-state index contributed by atoms with van der Waals surface area (Å²) in [6, 6.07) is 22.1. The normalized spacial score (nSPS) is 9.13. The zero-order valence-electron chi connectivity index (χ0n) is 46.7. The number of hydrogen-bond donors (Lipinski definition) is 5. The molecule has 7 aromatic rings. The van der Waals surface area contributed by atoms with Gasteiger partial charge in [0, 0.05) is 67.3 Å². The highest BCUT2D eigenvalue weighted by Gasteiger charge is 2.18. The fraction of sp³-hybridized carbons (Fsp3) is 0.241. The minimum absolute atomic E-state index is 0. The van der Waals surface area contributed by atoms with Crippen molar-refractivity contribution in [3.05, 3.63) is 173 Å². The number of nitrogens with zero attached hydrogens (tertiary/aromatic N) is 9. The first-order valence-corrected chi connectivity index (χ1v) is 23.2. The van der Waals surface area contributed by atoms with Crippen LogP contribution in [0.25, 0.3) is 11.4 Å². The molecule has 0 bridgehead atoms. The summed E-state index contributed by atoms with van der Waals surface area (Å²) in [5.74, 6) is 1.000. The van der Waals surface area contributed by atoms with Crippen LogP contribution < -0.4 is 46.2 Å². The maximum Gasteiger partial charge on any atom is 0.300 e. The van der Waals surface area contributed by atoms with Gasteiger partial charge in [-0.05, 0) is 57.2 Å². The molecule has 0 saturated carbocycles. The number of aromatic nitrogens is 4. The highest BCUT2D eigenvalue weighted by molar-refractivity contribution is 5.90. The predicted octanol–water partition coefficient (Wildman–Crippen LogP) is 8.78. The standard InChI is InChI=1S/C11H11N3O3.C11H13N3O.C11H12N2O5.C9H9NO4.C7H8N2O3.C2H4O2.CH2O2.2CH4.H3N/c1-8-6-13(7-12-8)10-4-3-9(14(15)16)5-11(10)17-2;1-8-6-14(7-13-8)10-4-3-9(12)5-11(10)15-2;1-8(15)6-12(7-14)10-4-3-9(13(16)17)5-11(10)18-2;1-14-9-6-8(10(12)13)3-2-7(9)4-5-11;1-12-7-4-5(9(10)11)2-3-6(7)8;1-2(3)4;2-1-3;;;/h3-7H,1-2H3;3-7H,12H2,1-2H3;3-5,7H,6H2,1-2H3;2-3,5-6H,4H2,1H3;2-4H,8H2,1H3;1H3,(H,3,4);1H,(H,2,3);2*1H4;1H3. The van der Waals surface area contributed by atoms with Crippen molar-refractivity contribution in [3.8, 4) is 40.1 Å². The van der Waals surface area contributed by atoms with Gasteiger partial charge in [0.1, 0.15) is 40.8 Å². The molecule has 0 aliphatic carbocycles. The average Bonchev–Trinajstić information content (AvgIpc) is 4.15. The Morgan fingerprint density at radius 3 is 1.33 bits per heavy atom. The number of methoxy groups -OCH3 is 5. The lowest BCUT2D eigenvalue weighted by atomic mass is 10.1. The molecule has 0 spiro atoms. The first-order valence-electron chi connectivity index (χ1n) is 23.2. The van der Waals surface area contributed by atoms with Crippen LogP contribution in [0, 0.1) is 54.3 Å². The van der Waals surface area contributed by atoms with Crippen LogP contribution in [-0.4, -0.2) is 122 Å². The molecule has 32 heteroatoms. The minimum atomic E-state index is -0.833. The van der Waals surface area contributed by atoms with Crippen molar-refractivity contribution >= 4 is 70.7 Å². The van der Waals surface area contributed by atoms with Gasteiger partial charge in [0.2, 0.25) is 6.41 Å². The van der Waals surface area contributed by atoms with Crippen LogP contribution >= 0.6 is 0 Å². The highest BCUT2D eigenvalue weighted by atomic mass is 16.6. The first-order chi connectivity index (χ1) is 39.3. The van der Waals surface area contributed by atoms with E-state index >= 15 is 0 Å². The first kappa shape index (κ1) is 78.7. The number of rotatable bonds is 17. The fourth-order valence-corrected chi connectivity index (χ4v) is 6.36. The Balaban J connectivity index is -0.000000970. The topological polar surface area (TPSA) is 470 Å². The number of nitro groups is 4. The van der Waals surface area contributed by atoms with Gasteiger partial charge in [0.25, 0.3) is 35.2 Å². The summed E-state index contributed by atoms with van der Waals surface area (Å²) in [4.78, 5) is 98.9. The molecule has 2 heterocycles. The molecular weight excluding hydrogens is 1140 g/mol. The SMILES string of the molecule is C.C.CC(=O)O.COc1cc(N)ccc1-n1cnc(C)c1.COc1cc([N+](=O)[O-])ccc1-n1cnc(C)c1.COc1cc([N+](=O)[O-])ccc1CC=O.COc1cc([N+](=O)[O-])ccc1N.COc1cc([N+](=O)[O-])ccc1N(C=O)CC(C)=O.N.O=CO. The lowest BCUT2D eigenvalue weighted by Gasteiger charge is -2.18. The largest absolute Gasteiger partial charge is 0.496 e. The number of carbonyl (C=O) groups excluding carboxylic acids is 3. The third-order valence-corrected chi connectivity index (χ3v) is 9.97. The van der Waals surface area contributed by atoms with E-state index in [1.807, 2.05) is 42.9 Å². The van der Waals surface area contributed by atoms with Crippen LogP contribution in [-0.2, 0) is 30.4 Å². The van der Waals surface area contributed by atoms with Crippen LogP contribution in [0.5, 0.6) is 28.7 Å². The third kappa shape index (κ3) is 26.3. The van der Waals surface area contributed by atoms with Gasteiger partial charge >= 0.3 is 0 Å². The van der Waals surface area contributed by atoms with E-state index in [0.29, 0.717) is 46.3 Å². The molecule has 0 aliphatic heterocycles. The molecule has 5 aromatic carbocycles. The highest BCUT2D eigenvalue weighted by Crippen LogP contribution is 2.32. The van der Waals surface area contributed by atoms with E-state index in [9.17, 15) is 54.8 Å². The predicted molar refractivity (Wildman–Crippen MR) is 318 cm³/mol. The van der Waals surface area contributed by atoms with Gasteiger partial charge in [-0.15, -0.1) is 0 Å². The van der Waals surface area contributed by atoms with E-state index in [-0.39, 0.29) is 74.7 Å². The fourth-order valence-electron chi connectivity index (χ4n) is 6.36. The number of non-ortho nitro benzene ring substituents is 4. The summed E-state index contributed by atoms with van der Waals surface area (Å²) in [7, 11) is 7.26. The number of hydrogen-bond acceptors (Lipinski definition) is 23. The number of nitrogen functional groups attached to an aromatic ring is 2. The summed E-state index contributed by atoms with van der Waals surface area (Å²) >= 11 is 0. The number of aldehydes is 1. The van der Waals surface area contributed by atoms with Gasteiger partial charge in [-0.1, -0.05) is 14.9 Å². The molecule has 32 nitrogen and oxygen atoms in total. The number of carboxylic acid groups (broad SMARTS) is 2. The number of carboxylic acids is 1. The number of ketones is 1. The van der Waals surface area contributed by atoms with E-state index in [0.717, 1.165) is 46.6 Å². The number of aryl methyl sites for hydroxylation is 2. The quantitative estimate of drug-likeness (QED) is 0.0246. The van der Waals surface area contributed by atoms with Gasteiger partial charge in [-0.25, -0.2) is 9.97 Å². The second-order valence-electron chi connectivity index (χ2n) is 15.9. The van der Waals surface area contributed by atoms with Gasteiger partial charge in [-0.3, -0.25) is 59.6 Å². The number of Topliss-reactive ketones (excluding diaryl/α,β-unsaturated/α-hetero) is 1. The van der Waals surface area contributed by atoms with Crippen LogP contribution in [0.15, 0.2) is 116 Å². The number of anilines is 3. The summed E-state index contributed by atoms with van der Waals surface area (Å²) in [5, 5.41) is 56.3. The number of nitro benzene ring substituents is 4. The molecule has 86 heavy (non-hydrogen) atoms. The Labute approximate surface area is 493 Å². The summed E-state index contributed by atoms with van der Waals surface area (Å²) in [6.45, 7) is 5.88. The van der Waals surface area contributed by atoms with Gasteiger partial charge in [0.05, 0.1) is 133 Å². The summed E-state index contributed by atoms with van der Waals surface area (Å²) in [5.41, 5.74) is 16.4. The number of amides is 1. The monoisotopic (exact) mass is 1210 g/mol. The molecule has 0 unspecified atom stereocenters. The van der Waals surface area contributed by atoms with Crippen molar-refractivity contribution in [2.75, 3.05) is 58.5 Å². The van der Waals surface area contributed by atoms with Gasteiger partial charge < -0.3 is 70.3 Å². The van der Waals surface area contributed by atoms with E-state index in [1.54, 1.807) is 36.5 Å².